The number of ether oxygens (including phenoxy) is 5. The van der Waals surface area contributed by atoms with E-state index in [9.17, 15) is 30.4 Å². The third-order valence-corrected chi connectivity index (χ3v) is 31.4. The van der Waals surface area contributed by atoms with Gasteiger partial charge in [0.2, 0.25) is 0 Å². The molecule has 25 nitrogen and oxygen atoms in total. The fraction of sp³-hybridized carbons (Fsp3) is 0.571. The molecule has 32 heteroatoms. The summed E-state index contributed by atoms with van der Waals surface area (Å²) in [4.78, 5) is 48.6. The number of nitrogens with two attached hydrogens (primary N) is 1. The van der Waals surface area contributed by atoms with Gasteiger partial charge in [-0.25, -0.2) is 29.9 Å². The van der Waals surface area contributed by atoms with Crippen molar-refractivity contribution in [1.82, 2.24) is 43.6 Å². The predicted octanol–water partition coefficient (Wildman–Crippen LogP) is 17.6. The minimum absolute atomic E-state index is 0.00875. The van der Waals surface area contributed by atoms with Crippen LogP contribution in [0.15, 0.2) is 74.0 Å². The summed E-state index contributed by atoms with van der Waals surface area (Å²) in [5.74, 6) is 0.565. The van der Waals surface area contributed by atoms with E-state index >= 15 is 0 Å². The minimum Gasteiger partial charge on any atom is -0.411 e. The van der Waals surface area contributed by atoms with Gasteiger partial charge in [0.05, 0.1) is 99.7 Å². The first kappa shape index (κ1) is 81.4. The molecule has 0 aliphatic carbocycles. The number of nitro benzene ring substituents is 2. The normalized spacial score (nSPS) is 21.8. The number of rotatable bonds is 23. The maximum absolute atomic E-state index is 11.9. The molecule has 102 heavy (non-hydrogen) atoms. The Hall–Kier alpha value is -4.70. The summed E-state index contributed by atoms with van der Waals surface area (Å²) in [6.45, 7) is 34.7. The van der Waals surface area contributed by atoms with Gasteiger partial charge in [-0.2, -0.15) is 0 Å². The van der Waals surface area contributed by atoms with E-state index in [4.69, 9.17) is 73.1 Å². The molecular formula is C70H95Cl3I2N12O13Si2. The smallest absolute Gasteiger partial charge is 0.276 e. The van der Waals surface area contributed by atoms with E-state index in [2.05, 4.69) is 134 Å². The Bertz CT molecular complexity index is 4270. The van der Waals surface area contributed by atoms with E-state index in [1.807, 2.05) is 83.9 Å². The van der Waals surface area contributed by atoms with Crippen molar-refractivity contribution in [3.63, 3.8) is 0 Å². The number of nitrogens with zero attached hydrogens (tertiary/aromatic N) is 11. The quantitative estimate of drug-likeness (QED) is 0.0134. The molecule has 3 saturated heterocycles. The maximum atomic E-state index is 11.9. The molecule has 3 aliphatic heterocycles. The standard InChI is InChI=1S/C29H40ClIN4O5Si.C22H26IN5O6.C19H29Cl2N3O2Si/c1-9-22-23(40-41(7,8)29(4,5)6)13-24(39-22)34-14-18(25-27(30)32-16-33-28(25)34)15-38-26(17(2)3)20-11-10-19(31)12-21(20)35(36)37;1-11(2)20(14-4-3-13(23)5-15(14)28(31)32)33-9-12-7-27(18-6-16(30)17(8-29)34-18)22-19(12)21(24)25-10-26-22;1-7-13-14(26-27(5,6)19(2,3)4)8-15(25-13)24-10-12(9-20)16-17(21)22-11-23-18(16)24/h10-12,14,16-17,22-24,26H,9,13,15H2,1-8H3;3-5,7,10-11,16-18,20,29-30H,6,8-9H2,1-2H3,(H2,24,25,26);10-11,13-15H,7-9H2,1-6H3/t22-,23?,24-,26-;16?,17-,18-,20-;13-,14?,15-/m111/s1. The molecule has 3 unspecified atom stereocenters. The van der Waals surface area contributed by atoms with Gasteiger partial charge in [-0.1, -0.05) is 106 Å². The molecule has 0 amide bonds. The topological polar surface area (TPSA) is 309 Å². The van der Waals surface area contributed by atoms with Crippen LogP contribution in [0.25, 0.3) is 33.1 Å². The highest BCUT2D eigenvalue weighted by Crippen LogP contribution is 2.47. The Labute approximate surface area is 639 Å². The number of hydrogen-bond acceptors (Lipinski definition) is 20. The van der Waals surface area contributed by atoms with Crippen molar-refractivity contribution >= 4 is 147 Å². The van der Waals surface area contributed by atoms with Crippen molar-refractivity contribution in [2.24, 2.45) is 11.8 Å². The van der Waals surface area contributed by atoms with Crippen LogP contribution in [-0.2, 0) is 51.6 Å². The Balaban J connectivity index is 0.000000182. The third-order valence-electron chi connectivity index (χ3n) is 20.2. The lowest BCUT2D eigenvalue weighted by Crippen LogP contribution is -2.45. The molecule has 0 radical (unpaired) electrons. The third kappa shape index (κ3) is 17.9. The van der Waals surface area contributed by atoms with Gasteiger partial charge in [0.15, 0.2) is 16.6 Å². The zero-order valence-corrected chi connectivity index (χ0v) is 69.2. The van der Waals surface area contributed by atoms with E-state index < -0.39 is 52.2 Å². The van der Waals surface area contributed by atoms with Crippen LogP contribution in [0.4, 0.5) is 17.2 Å². The van der Waals surface area contributed by atoms with Crippen molar-refractivity contribution in [1.29, 1.82) is 0 Å². The van der Waals surface area contributed by atoms with Crippen molar-refractivity contribution in [2.45, 2.75) is 238 Å². The van der Waals surface area contributed by atoms with Crippen LogP contribution < -0.4 is 5.73 Å². The molecule has 556 valence electrons. The second-order valence-electron chi connectivity index (χ2n) is 29.9. The molecule has 0 spiro atoms. The molecule has 3 fully saturated rings. The van der Waals surface area contributed by atoms with E-state index in [0.29, 0.717) is 61.4 Å². The fourth-order valence-electron chi connectivity index (χ4n) is 12.8. The largest absolute Gasteiger partial charge is 0.411 e. The lowest BCUT2D eigenvalue weighted by molar-refractivity contribution is -0.386. The number of aliphatic hydroxyl groups excluding tert-OH is 2. The van der Waals surface area contributed by atoms with Gasteiger partial charge in [0, 0.05) is 74.1 Å². The molecule has 0 bridgehead atoms. The van der Waals surface area contributed by atoms with Gasteiger partial charge in [-0.3, -0.25) is 20.2 Å². The van der Waals surface area contributed by atoms with Gasteiger partial charge in [-0.15, -0.1) is 11.6 Å². The second-order valence-corrected chi connectivity index (χ2v) is 42.9. The molecule has 0 saturated carbocycles. The molecule has 3 aliphatic rings. The summed E-state index contributed by atoms with van der Waals surface area (Å²) in [5, 5.41) is 46.2. The van der Waals surface area contributed by atoms with E-state index in [1.165, 1.54) is 25.0 Å². The predicted molar refractivity (Wildman–Crippen MR) is 416 cm³/mol. The highest BCUT2D eigenvalue weighted by atomic mass is 127. The first-order chi connectivity index (χ1) is 47.9. The van der Waals surface area contributed by atoms with E-state index in [0.717, 1.165) is 48.6 Å². The molecule has 11 atom stereocenters. The summed E-state index contributed by atoms with van der Waals surface area (Å²) in [6, 6.07) is 10.3. The number of fused-ring (bicyclic) bond motifs is 3. The SMILES string of the molecule is CC(C)[C@@H](OCc1cn([C@H]2CC(O)[C@@H](CO)O2)c2ncnc(N)c12)c1ccc(I)cc1[N+](=O)[O-].CC[C@H]1O[C@@H](n2cc(CCl)c3c(Cl)ncnc32)CC1O[Si](C)(C)C(C)(C)C.CC[C@H]1O[C@@H](n2cc(CO[C@@H](c3ccc(I)cc3[N+](=O)[O-])C(C)C)c3c(Cl)ncnc32)CC1O[Si](C)(C)C(C)(C)C. The summed E-state index contributed by atoms with van der Waals surface area (Å²) in [6.07, 6.45) is 10.1. The maximum Gasteiger partial charge on any atom is 0.276 e. The Morgan fingerprint density at radius 3 is 1.36 bits per heavy atom. The molecule has 8 aromatic rings. The number of anilines is 1. The molecule has 2 aromatic carbocycles. The summed E-state index contributed by atoms with van der Waals surface area (Å²) < 4.78 is 52.3. The number of nitrogen functional groups attached to an aromatic ring is 1. The van der Waals surface area contributed by atoms with Crippen LogP contribution >= 0.6 is 80.0 Å². The number of nitro groups is 2. The highest BCUT2D eigenvalue weighted by molar-refractivity contribution is 14.1. The minimum atomic E-state index is -2.01. The number of aliphatic hydroxyl groups is 2. The van der Waals surface area contributed by atoms with Gasteiger partial charge in [0.1, 0.15) is 76.8 Å². The van der Waals surface area contributed by atoms with E-state index in [1.54, 1.807) is 29.0 Å². The van der Waals surface area contributed by atoms with Crippen molar-refractivity contribution in [2.75, 3.05) is 12.3 Å². The van der Waals surface area contributed by atoms with Crippen LogP contribution in [0.1, 0.15) is 174 Å². The van der Waals surface area contributed by atoms with Crippen LogP contribution in [0.3, 0.4) is 0 Å². The molecule has 6 aromatic heterocycles. The Morgan fingerprint density at radius 1 is 0.618 bits per heavy atom. The summed E-state index contributed by atoms with van der Waals surface area (Å²) >= 11 is 23.2. The highest BCUT2D eigenvalue weighted by Gasteiger charge is 2.47. The summed E-state index contributed by atoms with van der Waals surface area (Å²) in [7, 11) is -3.89. The molecular weight excluding hydrogens is 1630 g/mol. The second kappa shape index (κ2) is 33.6. The zero-order chi connectivity index (χ0) is 74.8. The molecule has 11 rings (SSSR count). The fourth-order valence-corrected chi connectivity index (χ4v) is 17.1. The van der Waals surface area contributed by atoms with Crippen molar-refractivity contribution in [3.05, 3.63) is 139 Å². The number of hydrogen-bond donors (Lipinski definition) is 3. The average molecular weight is 1730 g/mol. The van der Waals surface area contributed by atoms with Gasteiger partial charge in [-0.05, 0) is 136 Å². The van der Waals surface area contributed by atoms with E-state index in [-0.39, 0.29) is 107 Å². The number of aromatic nitrogens is 9. The number of halogens is 5. The van der Waals surface area contributed by atoms with Gasteiger partial charge in [0.25, 0.3) is 11.4 Å². The van der Waals surface area contributed by atoms with Gasteiger partial charge < -0.3 is 62.2 Å². The van der Waals surface area contributed by atoms with Crippen LogP contribution in [0, 0.1) is 39.2 Å². The first-order valence-electron chi connectivity index (χ1n) is 34.3. The Morgan fingerprint density at radius 2 is 0.990 bits per heavy atom. The molecule has 9 heterocycles. The Kier molecular flexibility index (Phi) is 26.8. The number of alkyl halides is 1. The van der Waals surface area contributed by atoms with Crippen LogP contribution in [-0.4, -0.2) is 124 Å². The zero-order valence-electron chi connectivity index (χ0n) is 60.6. The molecule has 4 N–H and O–H groups in total. The number of benzene rings is 2. The van der Waals surface area contributed by atoms with Gasteiger partial charge >= 0.3 is 0 Å². The van der Waals surface area contributed by atoms with Crippen LogP contribution in [0.5, 0.6) is 0 Å². The first-order valence-corrected chi connectivity index (χ1v) is 43.6. The van der Waals surface area contributed by atoms with Crippen molar-refractivity contribution in [3.8, 4) is 0 Å². The lowest BCUT2D eigenvalue weighted by atomic mass is 9.97. The van der Waals surface area contributed by atoms with Crippen molar-refractivity contribution < 1.29 is 52.6 Å². The lowest BCUT2D eigenvalue weighted by Gasteiger charge is -2.39. The van der Waals surface area contributed by atoms with Crippen LogP contribution in [0.2, 0.25) is 46.6 Å². The average Bonchev–Trinajstić information content (AvgIpc) is 1.62. The monoisotopic (exact) mass is 1730 g/mol. The summed E-state index contributed by atoms with van der Waals surface area (Å²) in [5.41, 5.74) is 11.6.